The van der Waals surface area contributed by atoms with Crippen LogP contribution in [0.2, 0.25) is 0 Å². The second kappa shape index (κ2) is 19.8. The van der Waals surface area contributed by atoms with E-state index in [1.54, 1.807) is 0 Å². The third kappa shape index (κ3) is 8.98. The van der Waals surface area contributed by atoms with E-state index in [4.69, 9.17) is 0 Å². The Bertz CT molecular complexity index is 8.00. The standard InChI is InChI=1S/Cu.Ni.H4Si.Sn.4H/h;;1H4;;;;;. The molecule has 0 amide bonds. The van der Waals surface area contributed by atoms with Gasteiger partial charge in [0, 0.05) is 33.6 Å². The van der Waals surface area contributed by atoms with E-state index in [0.717, 1.165) is 0 Å². The second-order valence-corrected chi connectivity index (χ2v) is 0. The molecule has 0 N–H and O–H groups in total. The van der Waals surface area contributed by atoms with Gasteiger partial charge in [-0.05, 0) is 11.0 Å². The van der Waals surface area contributed by atoms with Gasteiger partial charge in [-0.1, -0.05) is 0 Å². The summed E-state index contributed by atoms with van der Waals surface area (Å²) >= 11 is 0. The SMILES string of the molecule is [Cu].[Ni].[SiH4].[SnH4]. The molecular formula is H8CuNiSiSn. The summed E-state index contributed by atoms with van der Waals surface area (Å²) in [6.07, 6.45) is 0. The monoisotopic (exact) mass is 277 g/mol. The maximum atomic E-state index is 0. The van der Waals surface area contributed by atoms with Crippen LogP contribution in [0, 0.1) is 0 Å². The molecule has 0 fully saturated rings. The predicted octanol–water partition coefficient (Wildman–Crippen LogP) is -2.91. The van der Waals surface area contributed by atoms with Crippen LogP contribution in [0.25, 0.3) is 0 Å². The van der Waals surface area contributed by atoms with Crippen molar-refractivity contribution >= 4 is 34.9 Å². The van der Waals surface area contributed by atoms with Crippen LogP contribution in [0.15, 0.2) is 0 Å². The molecule has 1 radical (unpaired) electrons. The van der Waals surface area contributed by atoms with Crippen molar-refractivity contribution in [2.45, 2.75) is 0 Å². The van der Waals surface area contributed by atoms with E-state index < -0.39 is 0 Å². The molecular weight excluding hydrogens is 269 g/mol. The molecule has 0 bridgehead atoms. The van der Waals surface area contributed by atoms with Gasteiger partial charge >= 0.3 is 23.9 Å². The van der Waals surface area contributed by atoms with Gasteiger partial charge in [0.15, 0.2) is 0 Å². The first-order valence-electron chi connectivity index (χ1n) is 0. The Morgan fingerprint density at radius 1 is 1.00 bits per heavy atom. The zero-order valence-corrected chi connectivity index (χ0v) is 2.55. The molecule has 0 spiro atoms. The van der Waals surface area contributed by atoms with Crippen molar-refractivity contribution in [2.24, 2.45) is 0 Å². The van der Waals surface area contributed by atoms with Crippen molar-refractivity contribution in [1.82, 2.24) is 0 Å². The van der Waals surface area contributed by atoms with E-state index in [-0.39, 0.29) is 68.4 Å². The van der Waals surface area contributed by atoms with Crippen molar-refractivity contribution in [3.05, 3.63) is 0 Å². The van der Waals surface area contributed by atoms with Gasteiger partial charge in [0.25, 0.3) is 0 Å². The van der Waals surface area contributed by atoms with Crippen molar-refractivity contribution in [3.63, 3.8) is 0 Å². The van der Waals surface area contributed by atoms with Gasteiger partial charge in [0.05, 0.1) is 0 Å². The summed E-state index contributed by atoms with van der Waals surface area (Å²) in [6, 6.07) is 0. The van der Waals surface area contributed by atoms with E-state index in [2.05, 4.69) is 0 Å². The average Bonchev–Trinajstić information content (AvgIpc) is 0. The molecule has 0 aromatic heterocycles. The van der Waals surface area contributed by atoms with E-state index in [1.807, 2.05) is 0 Å². The minimum absolute atomic E-state index is 0. The van der Waals surface area contributed by atoms with Crippen LogP contribution in [0.1, 0.15) is 0 Å². The summed E-state index contributed by atoms with van der Waals surface area (Å²) in [5.74, 6) is 0. The van der Waals surface area contributed by atoms with Gasteiger partial charge in [-0.2, -0.15) is 0 Å². The molecule has 0 atom stereocenters. The third-order valence-electron chi connectivity index (χ3n) is 0. The quantitative estimate of drug-likeness (QED) is 0.417. The summed E-state index contributed by atoms with van der Waals surface area (Å²) < 4.78 is 0. The molecule has 0 aliphatic heterocycles. The fourth-order valence-electron chi connectivity index (χ4n) is 0. The first kappa shape index (κ1) is 37.0. The first-order valence-corrected chi connectivity index (χ1v) is 0. The molecule has 0 aliphatic rings. The molecule has 0 nitrogen and oxygen atoms in total. The second-order valence-electron chi connectivity index (χ2n) is 0. The topological polar surface area (TPSA) is 0 Å². The van der Waals surface area contributed by atoms with Gasteiger partial charge in [-0.25, -0.2) is 0 Å². The molecule has 0 unspecified atom stereocenters. The van der Waals surface area contributed by atoms with Crippen molar-refractivity contribution < 1.29 is 33.6 Å². The minimum atomic E-state index is 0. The van der Waals surface area contributed by atoms with E-state index in [0.29, 0.717) is 0 Å². The molecule has 0 saturated carbocycles. The Labute approximate surface area is 67.9 Å². The van der Waals surface area contributed by atoms with Crippen LogP contribution >= 0.6 is 0 Å². The molecule has 0 saturated heterocycles. The van der Waals surface area contributed by atoms with E-state index in [1.165, 1.54) is 0 Å². The fraction of sp³-hybridized carbons (Fsp3) is 0. The predicted molar refractivity (Wildman–Crippen MR) is 22.7 cm³/mol. The number of hydrogen-bond donors (Lipinski definition) is 0. The first-order chi connectivity index (χ1) is 0. The van der Waals surface area contributed by atoms with Gasteiger partial charge < -0.3 is 0 Å². The van der Waals surface area contributed by atoms with Gasteiger partial charge in [0.2, 0.25) is 0 Å². The zero-order valence-electron chi connectivity index (χ0n) is 0.618. The Balaban J connectivity index is 0. The van der Waals surface area contributed by atoms with E-state index in [9.17, 15) is 0 Å². The van der Waals surface area contributed by atoms with Crippen molar-refractivity contribution in [2.75, 3.05) is 0 Å². The van der Waals surface area contributed by atoms with E-state index >= 15 is 0 Å². The van der Waals surface area contributed by atoms with Gasteiger partial charge in [-0.3, -0.25) is 0 Å². The van der Waals surface area contributed by atoms with Gasteiger partial charge in [0.1, 0.15) is 0 Å². The van der Waals surface area contributed by atoms with Crippen LogP contribution in [-0.2, 0) is 33.6 Å². The summed E-state index contributed by atoms with van der Waals surface area (Å²) in [6.45, 7) is 0. The molecule has 0 aromatic carbocycles. The molecule has 4 heteroatoms. The van der Waals surface area contributed by atoms with Crippen molar-refractivity contribution in [3.8, 4) is 0 Å². The summed E-state index contributed by atoms with van der Waals surface area (Å²) in [7, 11) is 0. The van der Waals surface area contributed by atoms with Crippen LogP contribution in [0.5, 0.6) is 0 Å². The summed E-state index contributed by atoms with van der Waals surface area (Å²) in [4.78, 5) is 0. The Hall–Kier alpha value is 2.03. The average molecular weight is 277 g/mol. The summed E-state index contributed by atoms with van der Waals surface area (Å²) in [5, 5.41) is 0. The molecule has 0 heterocycles. The number of rotatable bonds is 0. The molecule has 0 rings (SSSR count). The number of hydrogen-bond acceptors (Lipinski definition) is 0. The normalized spacial score (nSPS) is 0. The Morgan fingerprint density at radius 3 is 1.00 bits per heavy atom. The fourth-order valence-corrected chi connectivity index (χ4v) is 0. The molecule has 37 valence electrons. The summed E-state index contributed by atoms with van der Waals surface area (Å²) in [5.41, 5.74) is 0. The molecule has 4 heavy (non-hydrogen) atoms. The maximum absolute atomic E-state index is 0. The zero-order chi connectivity index (χ0) is 0. The molecule has 0 aliphatic carbocycles. The molecule has 0 aromatic rings. The van der Waals surface area contributed by atoms with Gasteiger partial charge in [-0.15, -0.1) is 0 Å². The van der Waals surface area contributed by atoms with Crippen molar-refractivity contribution in [1.29, 1.82) is 0 Å². The van der Waals surface area contributed by atoms with Crippen LogP contribution < -0.4 is 0 Å². The van der Waals surface area contributed by atoms with Crippen LogP contribution in [0.3, 0.4) is 0 Å². The Kier molecular flexibility index (Phi) is 184. The van der Waals surface area contributed by atoms with Crippen LogP contribution in [-0.4, -0.2) is 34.9 Å². The van der Waals surface area contributed by atoms with Crippen LogP contribution in [0.4, 0.5) is 0 Å². The third-order valence-corrected chi connectivity index (χ3v) is 0. The Morgan fingerprint density at radius 2 is 1.00 bits per heavy atom.